The Morgan fingerprint density at radius 3 is 1.86 bits per heavy atom. The molecule has 332 valence electrons. The predicted molar refractivity (Wildman–Crippen MR) is 230 cm³/mol. The Kier molecular flexibility index (Phi) is 14.6. The van der Waals surface area contributed by atoms with Gasteiger partial charge in [-0.3, -0.25) is 29.5 Å². The third-order valence-corrected chi connectivity index (χ3v) is 10.8. The van der Waals surface area contributed by atoms with Crippen LogP contribution in [0.15, 0.2) is 132 Å². The van der Waals surface area contributed by atoms with Crippen molar-refractivity contribution >= 4 is 52.8 Å². The Balaban J connectivity index is 1.67. The van der Waals surface area contributed by atoms with Gasteiger partial charge in [-0.05, 0) is 106 Å². The average molecular weight is 868 g/mol. The van der Waals surface area contributed by atoms with Crippen molar-refractivity contribution in [2.75, 3.05) is 6.61 Å². The molecule has 5 aliphatic rings. The number of carbonyl (C=O) groups is 6. The fourth-order valence-corrected chi connectivity index (χ4v) is 7.34. The molecule has 5 rings (SSSR count). The number of hydroxylamine groups is 1. The van der Waals surface area contributed by atoms with E-state index >= 15 is 0 Å². The van der Waals surface area contributed by atoms with Crippen LogP contribution in [0.25, 0.3) is 0 Å². The fraction of sp³-hybridized carbons (Fsp3) is 0.341. The Morgan fingerprint density at radius 1 is 0.762 bits per heavy atom. The quantitative estimate of drug-likeness (QED) is 0.0665. The first-order valence-corrected chi connectivity index (χ1v) is 19.9. The van der Waals surface area contributed by atoms with Gasteiger partial charge in [-0.25, -0.2) is 24.6 Å². The first kappa shape index (κ1) is 46.8. The molecule has 19 nitrogen and oxygen atoms in total. The molecule has 0 fully saturated rings. The summed E-state index contributed by atoms with van der Waals surface area (Å²) in [6, 6.07) is -3.31. The molecule has 19 heteroatoms. The van der Waals surface area contributed by atoms with E-state index in [2.05, 4.69) is 28.0 Å². The average Bonchev–Trinajstić information content (AvgIpc) is 3.84. The Morgan fingerprint density at radius 2 is 1.30 bits per heavy atom. The number of allylic oxidation sites excluding steroid dienone is 11. The number of carboxylic acid groups (broad SMARTS) is 4. The van der Waals surface area contributed by atoms with Gasteiger partial charge in [0.1, 0.15) is 17.7 Å². The van der Waals surface area contributed by atoms with Crippen molar-refractivity contribution in [1.82, 2.24) is 21.4 Å². The van der Waals surface area contributed by atoms with Crippen LogP contribution < -0.4 is 21.4 Å². The number of carboxylic acids is 4. The Hall–Kier alpha value is -7.25. The number of carbonyl (C=O) groups excluding carboxylic acids is 2. The van der Waals surface area contributed by atoms with E-state index in [4.69, 9.17) is 19.8 Å². The van der Waals surface area contributed by atoms with Crippen molar-refractivity contribution in [3.63, 3.8) is 0 Å². The normalized spacial score (nSPS) is 20.3. The highest BCUT2D eigenvalue weighted by Crippen LogP contribution is 2.40. The molecule has 1 unspecified atom stereocenters. The van der Waals surface area contributed by atoms with Crippen molar-refractivity contribution in [2.24, 2.45) is 15.0 Å². The van der Waals surface area contributed by atoms with Gasteiger partial charge in [0.05, 0.1) is 59.4 Å². The second kappa shape index (κ2) is 19.6. The minimum absolute atomic E-state index is 0.0180. The number of amides is 2. The highest BCUT2D eigenvalue weighted by molar-refractivity contribution is 6.18. The van der Waals surface area contributed by atoms with E-state index in [-0.39, 0.29) is 25.7 Å². The summed E-state index contributed by atoms with van der Waals surface area (Å²) >= 11 is 0. The first-order chi connectivity index (χ1) is 29.7. The summed E-state index contributed by atoms with van der Waals surface area (Å²) in [4.78, 5) is 92.3. The zero-order valence-corrected chi connectivity index (χ0v) is 35.3. The molecule has 0 spiro atoms. The van der Waals surface area contributed by atoms with E-state index in [1.807, 2.05) is 6.92 Å². The van der Waals surface area contributed by atoms with Crippen LogP contribution in [-0.4, -0.2) is 103 Å². The van der Waals surface area contributed by atoms with Crippen LogP contribution in [0, 0.1) is 0 Å². The molecule has 0 aromatic heterocycles. The molecule has 3 atom stereocenters. The zero-order valence-electron chi connectivity index (χ0n) is 35.3. The van der Waals surface area contributed by atoms with Gasteiger partial charge in [0.25, 0.3) is 0 Å². The lowest BCUT2D eigenvalue weighted by molar-refractivity contribution is -0.147. The number of hydrogen-bond donors (Lipinski definition) is 9. The summed E-state index contributed by atoms with van der Waals surface area (Å²) in [5.74, 6) is -7.24. The minimum Gasteiger partial charge on any atom is -0.481 e. The largest absolute Gasteiger partial charge is 0.481 e. The summed E-state index contributed by atoms with van der Waals surface area (Å²) in [6.45, 7) is 13.2. The molecule has 2 amide bonds. The van der Waals surface area contributed by atoms with Gasteiger partial charge in [-0.1, -0.05) is 12.7 Å². The number of aliphatic imine (C=N–C) groups is 3. The number of rotatable bonds is 19. The first-order valence-electron chi connectivity index (χ1n) is 19.9. The van der Waals surface area contributed by atoms with Crippen LogP contribution in [-0.2, 0) is 33.6 Å². The lowest BCUT2D eigenvalue weighted by atomic mass is 9.92. The maximum atomic E-state index is 13.1. The summed E-state index contributed by atoms with van der Waals surface area (Å²) in [5, 5.41) is 57.4. The number of nitrogens with zero attached hydrogens (tertiary/aromatic N) is 3. The third-order valence-electron chi connectivity index (χ3n) is 10.8. The highest BCUT2D eigenvalue weighted by Gasteiger charge is 2.39. The van der Waals surface area contributed by atoms with Crippen molar-refractivity contribution in [1.29, 1.82) is 0 Å². The van der Waals surface area contributed by atoms with Crippen molar-refractivity contribution < 1.29 is 59.1 Å². The third kappa shape index (κ3) is 10.8. The van der Waals surface area contributed by atoms with Gasteiger partial charge >= 0.3 is 23.9 Å². The van der Waals surface area contributed by atoms with Crippen LogP contribution in [0.2, 0.25) is 0 Å². The van der Waals surface area contributed by atoms with Crippen molar-refractivity contribution in [3.05, 3.63) is 117 Å². The maximum Gasteiger partial charge on any atom is 0.326 e. The molecule has 0 aliphatic carbocycles. The summed E-state index contributed by atoms with van der Waals surface area (Å²) in [5.41, 5.74) is 8.94. The maximum absolute atomic E-state index is 13.1. The van der Waals surface area contributed by atoms with E-state index in [0.717, 1.165) is 5.57 Å². The summed E-state index contributed by atoms with van der Waals surface area (Å²) in [6.07, 6.45) is 9.63. The van der Waals surface area contributed by atoms with E-state index in [0.29, 0.717) is 85.7 Å². The molecule has 0 saturated heterocycles. The topological polar surface area (TPSA) is 298 Å². The van der Waals surface area contributed by atoms with Crippen molar-refractivity contribution in [2.45, 2.75) is 90.8 Å². The van der Waals surface area contributed by atoms with Crippen molar-refractivity contribution in [3.8, 4) is 0 Å². The van der Waals surface area contributed by atoms with E-state index in [9.17, 15) is 54.3 Å². The van der Waals surface area contributed by atoms with E-state index in [1.165, 1.54) is 6.20 Å². The Bertz CT molecular complexity index is 2450. The van der Waals surface area contributed by atoms with Gasteiger partial charge in [0.15, 0.2) is 0 Å². The molecule has 0 saturated carbocycles. The monoisotopic (exact) mass is 867 g/mol. The van der Waals surface area contributed by atoms with Gasteiger partial charge < -0.3 is 41.5 Å². The number of aliphatic hydroxyl groups is 1. The molecule has 5 aliphatic heterocycles. The van der Waals surface area contributed by atoms with Crippen LogP contribution in [0.4, 0.5) is 0 Å². The minimum atomic E-state index is -1.66. The molecule has 0 aromatic carbocycles. The van der Waals surface area contributed by atoms with Crippen LogP contribution in [0.3, 0.4) is 0 Å². The van der Waals surface area contributed by atoms with Gasteiger partial charge in [0.2, 0.25) is 11.8 Å². The Labute approximate surface area is 361 Å². The van der Waals surface area contributed by atoms with E-state index < -0.39 is 66.2 Å². The number of aliphatic carboxylic acids is 4. The second-order valence-corrected chi connectivity index (χ2v) is 15.1. The predicted octanol–water partition coefficient (Wildman–Crippen LogP) is 3.35. The molecular formula is C44H49N7O12. The van der Waals surface area contributed by atoms with Crippen LogP contribution in [0.1, 0.15) is 73.1 Å². The SMILES string of the molecule is C=CC1=C(C)C2=CC3=NC(=CC4=NC(=CC5=C(/C=C/NOCC)C(C)(O)C(=CC1=N2)N5)C(C)=C4CCC(=O)N[C@@H](CC(=O)O)C(=O)O)C(CCC(=O)N[C@@H](CC(=O)O)C(=O)O)=C3C. The van der Waals surface area contributed by atoms with Crippen LogP contribution in [0.5, 0.6) is 0 Å². The summed E-state index contributed by atoms with van der Waals surface area (Å²) < 4.78 is 0. The highest BCUT2D eigenvalue weighted by atomic mass is 16.6. The molecular weight excluding hydrogens is 819 g/mol. The number of fused-ring (bicyclic) bond motifs is 5. The molecule has 63 heavy (non-hydrogen) atoms. The number of nitrogens with one attached hydrogen (secondary N) is 4. The molecule has 0 radical (unpaired) electrons. The smallest absolute Gasteiger partial charge is 0.326 e. The lowest BCUT2D eigenvalue weighted by Crippen LogP contribution is -2.42. The van der Waals surface area contributed by atoms with Gasteiger partial charge in [0, 0.05) is 35.9 Å². The number of hydrogen-bond acceptors (Lipinski definition) is 13. The lowest BCUT2D eigenvalue weighted by Gasteiger charge is -2.21. The standard InChI is InChI=1S/C44H49N7O12/c1-7-24-21(3)28-15-29-22(4)25(9-11-38(52)50-35(42(58)59)19-40(54)55)31(46-29)17-32-26(10-12-39(53)51-36(43(60)61)20-41(56)57)23(5)30(47-32)16-34-27(13-14-45-63-8-2)44(6,62)37(49-34)18-33(24)48-28/h7,13-18,35-36,45,49,62H,1,8-12,19-20H2,2-6H3,(H,50,52)(H,51,53)(H,54,55)(H,56,57)(H,58,59)(H,60,61)/b14-13+,28-15?,30-16?,31-17?,37-18?/t35-,36-,44?/m0/s1. The summed E-state index contributed by atoms with van der Waals surface area (Å²) in [7, 11) is 0. The van der Waals surface area contributed by atoms with Crippen LogP contribution >= 0.6 is 0 Å². The van der Waals surface area contributed by atoms with Gasteiger partial charge in [-0.2, -0.15) is 0 Å². The molecule has 8 bridgehead atoms. The molecule has 9 N–H and O–H groups in total. The molecule has 5 heterocycles. The van der Waals surface area contributed by atoms with E-state index in [1.54, 1.807) is 64.2 Å². The molecule has 0 aromatic rings. The van der Waals surface area contributed by atoms with Gasteiger partial charge in [-0.15, -0.1) is 0 Å². The zero-order chi connectivity index (χ0) is 46.3. The second-order valence-electron chi connectivity index (χ2n) is 15.1. The fourth-order valence-electron chi connectivity index (χ4n) is 7.34.